The van der Waals surface area contributed by atoms with Gasteiger partial charge in [-0.15, -0.1) is 11.3 Å². The zero-order chi connectivity index (χ0) is 14.9. The topological polar surface area (TPSA) is 32.3 Å². The summed E-state index contributed by atoms with van der Waals surface area (Å²) in [7, 11) is 0. The van der Waals surface area contributed by atoms with Gasteiger partial charge in [0.15, 0.2) is 0 Å². The van der Waals surface area contributed by atoms with Crippen LogP contribution in [0.4, 0.5) is 8.78 Å². The average molecular weight is 302 g/mol. The van der Waals surface area contributed by atoms with Gasteiger partial charge >= 0.3 is 0 Å². The first-order chi connectivity index (χ1) is 9.38. The molecule has 2 atom stereocenters. The van der Waals surface area contributed by atoms with E-state index < -0.39 is 19.1 Å². The molecule has 0 bridgehead atoms. The normalized spacial score (nSPS) is 23.4. The highest BCUT2D eigenvalue weighted by Gasteiger charge is 2.41. The van der Waals surface area contributed by atoms with Crippen LogP contribution in [0.15, 0.2) is 12.1 Å². The summed E-state index contributed by atoms with van der Waals surface area (Å²) < 4.78 is 25.5. The number of thiophene rings is 1. The molecular weight excluding hydrogens is 282 g/mol. The van der Waals surface area contributed by atoms with E-state index in [2.05, 4.69) is 5.32 Å². The number of carbonyl (C=O) groups excluding carboxylic acids is 1. The standard InChI is InChI=1S/C14H20F2N2OS/c1-8(2)6-10-14(19)18(7-12(15)16)13(17-10)11-5-4-9(3)20-11/h4-5,8,10,12-13,17H,6-7H2,1-3H3. The maximum Gasteiger partial charge on any atom is 0.255 e. The van der Waals surface area contributed by atoms with E-state index in [1.807, 2.05) is 32.9 Å². The molecule has 3 nitrogen and oxygen atoms in total. The fraction of sp³-hybridized carbons (Fsp3) is 0.643. The molecule has 1 N–H and O–H groups in total. The maximum absolute atomic E-state index is 12.7. The molecule has 0 aromatic carbocycles. The lowest BCUT2D eigenvalue weighted by Gasteiger charge is -2.22. The van der Waals surface area contributed by atoms with E-state index in [1.165, 1.54) is 16.2 Å². The number of aryl methyl sites for hydroxylation is 1. The number of hydrogen-bond acceptors (Lipinski definition) is 3. The van der Waals surface area contributed by atoms with Crippen molar-refractivity contribution in [2.24, 2.45) is 5.92 Å². The molecule has 112 valence electrons. The Labute approximate surface area is 122 Å². The van der Waals surface area contributed by atoms with Gasteiger partial charge in [-0.05, 0) is 31.4 Å². The molecule has 2 rings (SSSR count). The van der Waals surface area contributed by atoms with Gasteiger partial charge in [0.25, 0.3) is 6.43 Å². The highest BCUT2D eigenvalue weighted by Crippen LogP contribution is 2.32. The second kappa shape index (κ2) is 6.18. The molecule has 2 unspecified atom stereocenters. The zero-order valence-corrected chi connectivity index (χ0v) is 12.7. The Balaban J connectivity index is 2.21. The lowest BCUT2D eigenvalue weighted by Crippen LogP contribution is -2.35. The third-order valence-corrected chi connectivity index (χ3v) is 4.38. The largest absolute Gasteiger partial charge is 0.315 e. The predicted octanol–water partition coefficient (Wildman–Crippen LogP) is 3.17. The molecule has 1 amide bonds. The number of halogens is 2. The van der Waals surface area contributed by atoms with E-state index in [0.29, 0.717) is 12.3 Å². The van der Waals surface area contributed by atoms with Gasteiger partial charge in [-0.1, -0.05) is 13.8 Å². The van der Waals surface area contributed by atoms with Crippen LogP contribution in [0.5, 0.6) is 0 Å². The Morgan fingerprint density at radius 2 is 2.10 bits per heavy atom. The Kier molecular flexibility index (Phi) is 4.75. The summed E-state index contributed by atoms with van der Waals surface area (Å²) in [6.45, 7) is 5.50. The molecular formula is C14H20F2N2OS. The van der Waals surface area contributed by atoms with Gasteiger partial charge in [0.2, 0.25) is 5.91 Å². The van der Waals surface area contributed by atoms with Crippen LogP contribution < -0.4 is 5.32 Å². The van der Waals surface area contributed by atoms with E-state index >= 15 is 0 Å². The molecule has 1 aliphatic heterocycles. The predicted molar refractivity (Wildman–Crippen MR) is 75.9 cm³/mol. The Bertz CT molecular complexity index is 475. The minimum absolute atomic E-state index is 0.213. The summed E-state index contributed by atoms with van der Waals surface area (Å²) in [5, 5.41) is 3.21. The number of hydrogen-bond donors (Lipinski definition) is 1. The lowest BCUT2D eigenvalue weighted by molar-refractivity contribution is -0.132. The van der Waals surface area contributed by atoms with Gasteiger partial charge in [-0.2, -0.15) is 0 Å². The number of carbonyl (C=O) groups is 1. The van der Waals surface area contributed by atoms with Crippen LogP contribution >= 0.6 is 11.3 Å². The van der Waals surface area contributed by atoms with Gasteiger partial charge in [-0.3, -0.25) is 10.1 Å². The first kappa shape index (κ1) is 15.4. The molecule has 1 aromatic heterocycles. The summed E-state index contributed by atoms with van der Waals surface area (Å²) in [5.74, 6) is 0.128. The average Bonchev–Trinajstić information content (AvgIpc) is 2.87. The van der Waals surface area contributed by atoms with Crippen molar-refractivity contribution in [2.75, 3.05) is 6.54 Å². The molecule has 0 aliphatic carbocycles. The van der Waals surface area contributed by atoms with Crippen molar-refractivity contribution in [3.8, 4) is 0 Å². The van der Waals surface area contributed by atoms with Crippen molar-refractivity contribution in [1.29, 1.82) is 0 Å². The number of amides is 1. The van der Waals surface area contributed by atoms with Crippen molar-refractivity contribution in [1.82, 2.24) is 10.2 Å². The number of alkyl halides is 2. The molecule has 0 spiro atoms. The van der Waals surface area contributed by atoms with Gasteiger partial charge in [0.1, 0.15) is 6.17 Å². The third kappa shape index (κ3) is 3.35. The summed E-state index contributed by atoms with van der Waals surface area (Å²) >= 11 is 1.54. The smallest absolute Gasteiger partial charge is 0.255 e. The van der Waals surface area contributed by atoms with Crippen molar-refractivity contribution in [3.63, 3.8) is 0 Å². The van der Waals surface area contributed by atoms with Crippen LogP contribution in [0.1, 0.15) is 36.2 Å². The van der Waals surface area contributed by atoms with Crippen LogP contribution in [-0.4, -0.2) is 29.8 Å². The molecule has 1 aromatic rings. The summed E-state index contributed by atoms with van der Waals surface area (Å²) in [5.41, 5.74) is 0. The van der Waals surface area contributed by atoms with Crippen LogP contribution in [-0.2, 0) is 4.79 Å². The maximum atomic E-state index is 12.7. The first-order valence-electron chi connectivity index (χ1n) is 6.79. The zero-order valence-electron chi connectivity index (χ0n) is 11.9. The highest BCUT2D eigenvalue weighted by atomic mass is 32.1. The summed E-state index contributed by atoms with van der Waals surface area (Å²) in [6.07, 6.45) is -2.26. The first-order valence-corrected chi connectivity index (χ1v) is 7.61. The molecule has 1 fully saturated rings. The Morgan fingerprint density at radius 3 is 2.60 bits per heavy atom. The molecule has 1 aliphatic rings. The number of nitrogens with zero attached hydrogens (tertiary/aromatic N) is 1. The number of nitrogens with one attached hydrogen (secondary N) is 1. The van der Waals surface area contributed by atoms with Gasteiger partial charge < -0.3 is 4.90 Å². The molecule has 2 heterocycles. The SMILES string of the molecule is Cc1ccc(C2NC(CC(C)C)C(=O)N2CC(F)F)s1. The molecule has 0 saturated carbocycles. The fourth-order valence-corrected chi connectivity index (χ4v) is 3.45. The van der Waals surface area contributed by atoms with Crippen molar-refractivity contribution in [3.05, 3.63) is 21.9 Å². The number of rotatable bonds is 5. The molecule has 0 radical (unpaired) electrons. The highest BCUT2D eigenvalue weighted by molar-refractivity contribution is 7.12. The van der Waals surface area contributed by atoms with Crippen molar-refractivity contribution < 1.29 is 13.6 Å². The minimum atomic E-state index is -2.51. The van der Waals surface area contributed by atoms with Crippen LogP contribution in [0.25, 0.3) is 0 Å². The summed E-state index contributed by atoms with van der Waals surface area (Å²) in [6, 6.07) is 3.49. The quantitative estimate of drug-likeness (QED) is 0.906. The molecule has 6 heteroatoms. The lowest BCUT2D eigenvalue weighted by atomic mass is 10.0. The van der Waals surface area contributed by atoms with E-state index in [-0.39, 0.29) is 11.9 Å². The van der Waals surface area contributed by atoms with Crippen LogP contribution in [0.3, 0.4) is 0 Å². The van der Waals surface area contributed by atoms with E-state index in [1.54, 1.807) is 0 Å². The second-order valence-electron chi connectivity index (χ2n) is 5.58. The molecule has 1 saturated heterocycles. The van der Waals surface area contributed by atoms with Gasteiger partial charge in [0, 0.05) is 9.75 Å². The monoisotopic (exact) mass is 302 g/mol. The second-order valence-corrected chi connectivity index (χ2v) is 6.90. The summed E-state index contributed by atoms with van der Waals surface area (Å²) in [4.78, 5) is 15.6. The fourth-order valence-electron chi connectivity index (χ4n) is 2.50. The Hall–Kier alpha value is -1.01. The minimum Gasteiger partial charge on any atom is -0.315 e. The Morgan fingerprint density at radius 1 is 1.40 bits per heavy atom. The van der Waals surface area contributed by atoms with E-state index in [4.69, 9.17) is 0 Å². The van der Waals surface area contributed by atoms with Gasteiger partial charge in [0.05, 0.1) is 12.6 Å². The van der Waals surface area contributed by atoms with Crippen molar-refractivity contribution in [2.45, 2.75) is 45.8 Å². The van der Waals surface area contributed by atoms with Crippen LogP contribution in [0.2, 0.25) is 0 Å². The van der Waals surface area contributed by atoms with E-state index in [0.717, 1.165) is 9.75 Å². The molecule has 20 heavy (non-hydrogen) atoms. The van der Waals surface area contributed by atoms with Crippen molar-refractivity contribution >= 4 is 17.2 Å². The van der Waals surface area contributed by atoms with E-state index in [9.17, 15) is 13.6 Å². The third-order valence-electron chi connectivity index (χ3n) is 3.32. The van der Waals surface area contributed by atoms with Gasteiger partial charge in [-0.25, -0.2) is 8.78 Å². The van der Waals surface area contributed by atoms with Crippen LogP contribution in [0, 0.1) is 12.8 Å².